The zero-order valence-electron chi connectivity index (χ0n) is 12.0. The molecule has 0 spiro atoms. The minimum Gasteiger partial charge on any atom is -0.469 e. The van der Waals surface area contributed by atoms with Crippen molar-refractivity contribution in [1.29, 1.82) is 0 Å². The van der Waals surface area contributed by atoms with Crippen molar-refractivity contribution in [2.45, 2.75) is 31.7 Å². The van der Waals surface area contributed by atoms with Crippen LogP contribution in [-0.2, 0) is 14.3 Å². The Morgan fingerprint density at radius 2 is 1.95 bits per heavy atom. The third-order valence-electron chi connectivity index (χ3n) is 3.27. The van der Waals surface area contributed by atoms with Crippen molar-refractivity contribution < 1.29 is 14.3 Å². The van der Waals surface area contributed by atoms with Crippen molar-refractivity contribution >= 4 is 11.9 Å². The molecule has 0 fully saturated rings. The minimum atomic E-state index is -0.377. The molecule has 3 N–H and O–H groups in total. The standard InChI is InChI=1S/C15H22N2O3/c1-3-13(15(16)19)17-10-12(9-14(18)20-2)11-7-5-4-6-8-11/h4-8,12-13,17H,3,9-10H2,1-2H3,(H2,16,19)/t12?,13-/m0/s1. The predicted molar refractivity (Wildman–Crippen MR) is 77.1 cm³/mol. The Kier molecular flexibility index (Phi) is 6.73. The lowest BCUT2D eigenvalue weighted by molar-refractivity contribution is -0.141. The van der Waals surface area contributed by atoms with Crippen LogP contribution in [0.15, 0.2) is 30.3 Å². The number of rotatable bonds is 8. The van der Waals surface area contributed by atoms with Crippen LogP contribution < -0.4 is 11.1 Å². The van der Waals surface area contributed by atoms with E-state index < -0.39 is 0 Å². The lowest BCUT2D eigenvalue weighted by Crippen LogP contribution is -2.42. The molecule has 0 heterocycles. The molecule has 5 heteroatoms. The molecule has 1 rings (SSSR count). The quantitative estimate of drug-likeness (QED) is 0.700. The van der Waals surface area contributed by atoms with Crippen LogP contribution in [0.1, 0.15) is 31.2 Å². The zero-order chi connectivity index (χ0) is 15.0. The van der Waals surface area contributed by atoms with E-state index in [2.05, 4.69) is 5.32 Å². The van der Waals surface area contributed by atoms with Crippen LogP contribution in [0.2, 0.25) is 0 Å². The van der Waals surface area contributed by atoms with Crippen LogP contribution in [0.3, 0.4) is 0 Å². The Balaban J connectivity index is 2.73. The van der Waals surface area contributed by atoms with Gasteiger partial charge >= 0.3 is 5.97 Å². The Hall–Kier alpha value is -1.88. The Bertz CT molecular complexity index is 434. The molecule has 0 aliphatic carbocycles. The second-order valence-corrected chi connectivity index (χ2v) is 4.66. The van der Waals surface area contributed by atoms with Gasteiger partial charge < -0.3 is 15.8 Å². The van der Waals surface area contributed by atoms with Crippen LogP contribution in [0, 0.1) is 0 Å². The number of methoxy groups -OCH3 is 1. The highest BCUT2D eigenvalue weighted by molar-refractivity contribution is 5.79. The van der Waals surface area contributed by atoms with E-state index >= 15 is 0 Å². The third kappa shape index (κ3) is 5.01. The molecule has 20 heavy (non-hydrogen) atoms. The fourth-order valence-electron chi connectivity index (χ4n) is 2.05. The number of esters is 1. The van der Waals surface area contributed by atoms with Crippen molar-refractivity contribution in [2.75, 3.05) is 13.7 Å². The summed E-state index contributed by atoms with van der Waals surface area (Å²) in [6, 6.07) is 9.31. The second-order valence-electron chi connectivity index (χ2n) is 4.66. The van der Waals surface area contributed by atoms with E-state index in [1.165, 1.54) is 7.11 Å². The molecular formula is C15H22N2O3. The summed E-state index contributed by atoms with van der Waals surface area (Å²) in [6.07, 6.45) is 0.887. The van der Waals surface area contributed by atoms with E-state index in [4.69, 9.17) is 10.5 Å². The van der Waals surface area contributed by atoms with Gasteiger partial charge in [0.05, 0.1) is 19.6 Å². The number of ether oxygens (including phenoxy) is 1. The number of nitrogens with one attached hydrogen (secondary N) is 1. The molecule has 0 saturated heterocycles. The number of primary amides is 1. The molecule has 1 amide bonds. The van der Waals surface area contributed by atoms with Crippen LogP contribution in [0.4, 0.5) is 0 Å². The number of hydrogen-bond acceptors (Lipinski definition) is 4. The highest BCUT2D eigenvalue weighted by Gasteiger charge is 2.19. The van der Waals surface area contributed by atoms with E-state index in [-0.39, 0.29) is 30.3 Å². The van der Waals surface area contributed by atoms with E-state index in [0.717, 1.165) is 5.56 Å². The highest BCUT2D eigenvalue weighted by Crippen LogP contribution is 2.19. The average Bonchev–Trinajstić information content (AvgIpc) is 2.47. The smallest absolute Gasteiger partial charge is 0.306 e. The third-order valence-corrected chi connectivity index (χ3v) is 3.27. The average molecular weight is 278 g/mol. The molecule has 0 saturated carbocycles. The van der Waals surface area contributed by atoms with Crippen molar-refractivity contribution in [3.63, 3.8) is 0 Å². The first-order chi connectivity index (χ1) is 9.58. The normalized spacial score (nSPS) is 13.5. The molecule has 1 aromatic carbocycles. The number of hydrogen-bond donors (Lipinski definition) is 2. The molecule has 1 aromatic rings. The van der Waals surface area contributed by atoms with Crippen LogP contribution in [0.5, 0.6) is 0 Å². The van der Waals surface area contributed by atoms with E-state index in [1.54, 1.807) is 0 Å². The summed E-state index contributed by atoms with van der Waals surface area (Å²) < 4.78 is 4.72. The van der Waals surface area contributed by atoms with Gasteiger partial charge in [0.1, 0.15) is 0 Å². The van der Waals surface area contributed by atoms with Gasteiger partial charge in [-0.2, -0.15) is 0 Å². The zero-order valence-corrected chi connectivity index (χ0v) is 12.0. The van der Waals surface area contributed by atoms with Gasteiger partial charge in [0, 0.05) is 12.5 Å². The lowest BCUT2D eigenvalue weighted by Gasteiger charge is -2.20. The van der Waals surface area contributed by atoms with Crippen LogP contribution >= 0.6 is 0 Å². The van der Waals surface area contributed by atoms with Crippen molar-refractivity contribution in [3.8, 4) is 0 Å². The van der Waals surface area contributed by atoms with Crippen molar-refractivity contribution in [2.24, 2.45) is 5.73 Å². The number of nitrogens with two attached hydrogens (primary N) is 1. The highest BCUT2D eigenvalue weighted by atomic mass is 16.5. The molecular weight excluding hydrogens is 256 g/mol. The fourth-order valence-corrected chi connectivity index (χ4v) is 2.05. The van der Waals surface area contributed by atoms with Gasteiger partial charge in [0.15, 0.2) is 0 Å². The summed E-state index contributed by atoms with van der Waals surface area (Å²) in [5, 5.41) is 3.11. The first-order valence-corrected chi connectivity index (χ1v) is 6.72. The van der Waals surface area contributed by atoms with Crippen molar-refractivity contribution in [1.82, 2.24) is 5.32 Å². The van der Waals surface area contributed by atoms with Crippen LogP contribution in [-0.4, -0.2) is 31.6 Å². The van der Waals surface area contributed by atoms with Gasteiger partial charge in [0.2, 0.25) is 5.91 Å². The second kappa shape index (κ2) is 8.32. The minimum absolute atomic E-state index is 0.0444. The summed E-state index contributed by atoms with van der Waals surface area (Å²) in [6.45, 7) is 2.39. The van der Waals surface area contributed by atoms with Gasteiger partial charge in [0.25, 0.3) is 0 Å². The van der Waals surface area contributed by atoms with E-state index in [1.807, 2.05) is 37.3 Å². The molecule has 2 atom stereocenters. The maximum absolute atomic E-state index is 11.5. The van der Waals surface area contributed by atoms with E-state index in [9.17, 15) is 9.59 Å². The predicted octanol–water partition coefficient (Wildman–Crippen LogP) is 1.19. The van der Waals surface area contributed by atoms with Gasteiger partial charge in [-0.1, -0.05) is 37.3 Å². The summed E-state index contributed by atoms with van der Waals surface area (Å²) >= 11 is 0. The molecule has 1 unspecified atom stereocenters. The van der Waals surface area contributed by atoms with Gasteiger partial charge in [-0.25, -0.2) is 0 Å². The van der Waals surface area contributed by atoms with E-state index in [0.29, 0.717) is 13.0 Å². The first-order valence-electron chi connectivity index (χ1n) is 6.72. The Morgan fingerprint density at radius 3 is 2.45 bits per heavy atom. The summed E-state index contributed by atoms with van der Waals surface area (Å²) in [4.78, 5) is 22.7. The Morgan fingerprint density at radius 1 is 1.30 bits per heavy atom. The van der Waals surface area contributed by atoms with Gasteiger partial charge in [-0.15, -0.1) is 0 Å². The number of amides is 1. The monoisotopic (exact) mass is 278 g/mol. The van der Waals surface area contributed by atoms with Crippen LogP contribution in [0.25, 0.3) is 0 Å². The molecule has 0 aliphatic heterocycles. The molecule has 0 radical (unpaired) electrons. The molecule has 0 aliphatic rings. The number of carbonyl (C=O) groups is 2. The first kappa shape index (κ1) is 16.2. The number of benzene rings is 1. The van der Waals surface area contributed by atoms with Gasteiger partial charge in [-0.05, 0) is 12.0 Å². The lowest BCUT2D eigenvalue weighted by atomic mass is 9.95. The molecule has 110 valence electrons. The fraction of sp³-hybridized carbons (Fsp3) is 0.467. The topological polar surface area (TPSA) is 81.4 Å². The Labute approximate surface area is 119 Å². The number of carbonyl (C=O) groups excluding carboxylic acids is 2. The summed E-state index contributed by atoms with van der Waals surface area (Å²) in [7, 11) is 1.37. The molecule has 5 nitrogen and oxygen atoms in total. The molecule has 0 bridgehead atoms. The summed E-state index contributed by atoms with van der Waals surface area (Å²) in [5.41, 5.74) is 6.34. The SMILES string of the molecule is CC[C@H](NCC(CC(=O)OC)c1ccccc1)C(N)=O. The maximum Gasteiger partial charge on any atom is 0.306 e. The maximum atomic E-state index is 11.5. The summed E-state index contributed by atoms with van der Waals surface area (Å²) in [5.74, 6) is -0.692. The largest absolute Gasteiger partial charge is 0.469 e. The van der Waals surface area contributed by atoms with Crippen molar-refractivity contribution in [3.05, 3.63) is 35.9 Å². The molecule has 0 aromatic heterocycles. The van der Waals surface area contributed by atoms with Gasteiger partial charge in [-0.3, -0.25) is 9.59 Å².